The van der Waals surface area contributed by atoms with E-state index in [1.165, 1.54) is 6.42 Å². The van der Waals surface area contributed by atoms with E-state index in [4.69, 9.17) is 0 Å². The van der Waals surface area contributed by atoms with Gasteiger partial charge in [-0.05, 0) is 26.9 Å². The van der Waals surface area contributed by atoms with Crippen LogP contribution in [0.1, 0.15) is 43.0 Å². The third kappa shape index (κ3) is 2.41. The first-order valence-electron chi connectivity index (χ1n) is 5.91. The molecule has 2 N–H and O–H groups in total. The van der Waals surface area contributed by atoms with Crippen LogP contribution in [0.4, 0.5) is 0 Å². The van der Waals surface area contributed by atoms with Crippen molar-refractivity contribution in [3.63, 3.8) is 0 Å². The maximum Gasteiger partial charge on any atom is 0.1000 e. The van der Waals surface area contributed by atoms with E-state index < -0.39 is 0 Å². The highest BCUT2D eigenvalue weighted by Crippen LogP contribution is 2.33. The molecule has 1 aromatic rings. The summed E-state index contributed by atoms with van der Waals surface area (Å²) in [6.45, 7) is 0.773. The normalized spacial score (nSPS) is 26.2. The molecule has 1 aliphatic carbocycles. The molecule has 0 spiro atoms. The predicted octanol–water partition coefficient (Wildman–Crippen LogP) is 0.885. The largest absolute Gasteiger partial charge is 0.392 e. The van der Waals surface area contributed by atoms with Crippen molar-refractivity contribution in [2.75, 3.05) is 14.1 Å². The molecule has 2 unspecified atom stereocenters. The molecule has 5 nitrogen and oxygen atoms in total. The number of H-pyrrole nitrogens is 1. The molecular formula is C11H20N4O. The highest BCUT2D eigenvalue weighted by molar-refractivity contribution is 5.16. The van der Waals surface area contributed by atoms with E-state index in [1.54, 1.807) is 0 Å². The van der Waals surface area contributed by atoms with Crippen LogP contribution in [0.5, 0.6) is 0 Å². The summed E-state index contributed by atoms with van der Waals surface area (Å²) in [6, 6.07) is 0. The van der Waals surface area contributed by atoms with Crippen LogP contribution in [-0.4, -0.2) is 45.6 Å². The van der Waals surface area contributed by atoms with E-state index in [9.17, 15) is 5.11 Å². The van der Waals surface area contributed by atoms with Crippen molar-refractivity contribution in [3.05, 3.63) is 11.4 Å². The van der Waals surface area contributed by atoms with Crippen molar-refractivity contribution < 1.29 is 5.11 Å². The second kappa shape index (κ2) is 4.93. The Bertz CT molecular complexity index is 336. The third-order valence-corrected chi connectivity index (χ3v) is 3.22. The van der Waals surface area contributed by atoms with E-state index in [0.29, 0.717) is 0 Å². The number of aliphatic hydroxyl groups excluding tert-OH is 1. The third-order valence-electron chi connectivity index (χ3n) is 3.22. The molecule has 16 heavy (non-hydrogen) atoms. The van der Waals surface area contributed by atoms with E-state index in [0.717, 1.165) is 37.2 Å². The molecule has 0 amide bonds. The predicted molar refractivity (Wildman–Crippen MR) is 61.0 cm³/mol. The quantitative estimate of drug-likeness (QED) is 0.800. The van der Waals surface area contributed by atoms with Gasteiger partial charge in [0.1, 0.15) is 0 Å². The lowest BCUT2D eigenvalue weighted by Gasteiger charge is -2.27. The summed E-state index contributed by atoms with van der Waals surface area (Å²) >= 11 is 0. The van der Waals surface area contributed by atoms with Gasteiger partial charge in [-0.2, -0.15) is 0 Å². The van der Waals surface area contributed by atoms with Crippen LogP contribution in [0.3, 0.4) is 0 Å². The van der Waals surface area contributed by atoms with Gasteiger partial charge in [0.2, 0.25) is 0 Å². The zero-order chi connectivity index (χ0) is 11.5. The van der Waals surface area contributed by atoms with Crippen molar-refractivity contribution in [2.45, 2.75) is 44.2 Å². The van der Waals surface area contributed by atoms with Gasteiger partial charge in [-0.3, -0.25) is 5.10 Å². The zero-order valence-electron chi connectivity index (χ0n) is 9.98. The van der Waals surface area contributed by atoms with Gasteiger partial charge in [0.05, 0.1) is 17.5 Å². The molecule has 2 atom stereocenters. The van der Waals surface area contributed by atoms with Crippen molar-refractivity contribution >= 4 is 0 Å². The second-order valence-electron chi connectivity index (χ2n) is 4.87. The van der Waals surface area contributed by atoms with Gasteiger partial charge in [-0.15, -0.1) is 5.10 Å². The van der Waals surface area contributed by atoms with Gasteiger partial charge in [-0.1, -0.05) is 18.1 Å². The summed E-state index contributed by atoms with van der Waals surface area (Å²) < 4.78 is 0. The van der Waals surface area contributed by atoms with Gasteiger partial charge >= 0.3 is 0 Å². The van der Waals surface area contributed by atoms with Crippen molar-refractivity contribution in [1.82, 2.24) is 20.3 Å². The average Bonchev–Trinajstić information content (AvgIpc) is 2.66. The first-order valence-corrected chi connectivity index (χ1v) is 5.91. The molecule has 1 fully saturated rings. The van der Waals surface area contributed by atoms with Crippen LogP contribution < -0.4 is 0 Å². The van der Waals surface area contributed by atoms with Crippen LogP contribution in [0.25, 0.3) is 0 Å². The fraction of sp³-hybridized carbons (Fsp3) is 0.818. The number of nitrogens with one attached hydrogen (secondary N) is 1. The zero-order valence-corrected chi connectivity index (χ0v) is 9.98. The molecule has 0 aromatic carbocycles. The summed E-state index contributed by atoms with van der Waals surface area (Å²) in [5, 5.41) is 21.0. The van der Waals surface area contributed by atoms with Crippen LogP contribution in [-0.2, 0) is 6.54 Å². The standard InChI is InChI=1S/C11H20N4O/c1-15(2)7-9-11(13-14-12-9)8-5-3-4-6-10(8)16/h8,10,16H,3-7H2,1-2H3,(H,12,13,14). The van der Waals surface area contributed by atoms with Crippen molar-refractivity contribution in [2.24, 2.45) is 0 Å². The maximum atomic E-state index is 10.0. The van der Waals surface area contributed by atoms with Crippen LogP contribution >= 0.6 is 0 Å². The molecule has 1 aromatic heterocycles. The summed E-state index contributed by atoms with van der Waals surface area (Å²) in [7, 11) is 4.02. The Kier molecular flexibility index (Phi) is 3.56. The Morgan fingerprint density at radius 3 is 2.81 bits per heavy atom. The second-order valence-corrected chi connectivity index (χ2v) is 4.87. The SMILES string of the molecule is CN(C)Cc1nn[nH]c1C1CCCCC1O. The summed E-state index contributed by atoms with van der Waals surface area (Å²) in [4.78, 5) is 2.07. The van der Waals surface area contributed by atoms with Gasteiger partial charge in [0.25, 0.3) is 0 Å². The highest BCUT2D eigenvalue weighted by Gasteiger charge is 2.28. The molecule has 0 bridgehead atoms. The van der Waals surface area contributed by atoms with E-state index in [2.05, 4.69) is 20.3 Å². The van der Waals surface area contributed by atoms with Crippen LogP contribution in [0, 0.1) is 0 Å². The maximum absolute atomic E-state index is 10.0. The Hall–Kier alpha value is -0.940. The first-order chi connectivity index (χ1) is 7.68. The highest BCUT2D eigenvalue weighted by atomic mass is 16.3. The smallest absolute Gasteiger partial charge is 0.1000 e. The van der Waals surface area contributed by atoms with Crippen LogP contribution in [0.2, 0.25) is 0 Å². The molecule has 0 aliphatic heterocycles. The molecule has 1 aliphatic rings. The monoisotopic (exact) mass is 224 g/mol. The topological polar surface area (TPSA) is 65.0 Å². The van der Waals surface area contributed by atoms with Crippen molar-refractivity contribution in [1.29, 1.82) is 0 Å². The Morgan fingerprint density at radius 2 is 2.12 bits per heavy atom. The molecular weight excluding hydrogens is 204 g/mol. The minimum Gasteiger partial charge on any atom is -0.392 e. The number of nitrogens with zero attached hydrogens (tertiary/aromatic N) is 3. The molecule has 1 heterocycles. The summed E-state index contributed by atoms with van der Waals surface area (Å²) in [5.74, 6) is 0.193. The van der Waals surface area contributed by atoms with E-state index in [-0.39, 0.29) is 12.0 Å². The summed E-state index contributed by atoms with van der Waals surface area (Å²) in [5.41, 5.74) is 2.00. The fourth-order valence-electron chi connectivity index (χ4n) is 2.42. The minimum absolute atomic E-state index is 0.193. The van der Waals surface area contributed by atoms with Gasteiger partial charge in [0, 0.05) is 12.5 Å². The van der Waals surface area contributed by atoms with E-state index >= 15 is 0 Å². The summed E-state index contributed by atoms with van der Waals surface area (Å²) in [6.07, 6.45) is 4.00. The molecule has 0 saturated heterocycles. The molecule has 1 saturated carbocycles. The first kappa shape index (κ1) is 11.5. The van der Waals surface area contributed by atoms with E-state index in [1.807, 2.05) is 14.1 Å². The van der Waals surface area contributed by atoms with Gasteiger partial charge < -0.3 is 10.0 Å². The number of aliphatic hydroxyl groups is 1. The Balaban J connectivity index is 2.15. The number of hydrogen-bond acceptors (Lipinski definition) is 4. The fourth-order valence-corrected chi connectivity index (χ4v) is 2.42. The lowest BCUT2D eigenvalue weighted by atomic mass is 9.83. The van der Waals surface area contributed by atoms with Gasteiger partial charge in [-0.25, -0.2) is 0 Å². The van der Waals surface area contributed by atoms with Crippen molar-refractivity contribution in [3.8, 4) is 0 Å². The number of aromatic amines is 1. The lowest BCUT2D eigenvalue weighted by Crippen LogP contribution is -2.24. The van der Waals surface area contributed by atoms with Gasteiger partial charge in [0.15, 0.2) is 0 Å². The molecule has 2 rings (SSSR count). The minimum atomic E-state index is -0.239. The lowest BCUT2D eigenvalue weighted by molar-refractivity contribution is 0.104. The molecule has 0 radical (unpaired) electrons. The van der Waals surface area contributed by atoms with Crippen LogP contribution in [0.15, 0.2) is 0 Å². The molecule has 90 valence electrons. The number of rotatable bonds is 3. The number of hydrogen-bond donors (Lipinski definition) is 2. The molecule has 5 heteroatoms. The average molecular weight is 224 g/mol. The number of aromatic nitrogens is 3. The Morgan fingerprint density at radius 1 is 1.38 bits per heavy atom. The Labute approximate surface area is 95.8 Å².